The minimum atomic E-state index is -0.115. The van der Waals surface area contributed by atoms with E-state index in [0.717, 1.165) is 13.1 Å². The molecule has 0 radical (unpaired) electrons. The van der Waals surface area contributed by atoms with Gasteiger partial charge in [-0.1, -0.05) is 0 Å². The van der Waals surface area contributed by atoms with Crippen molar-refractivity contribution >= 4 is 0 Å². The molecule has 0 amide bonds. The van der Waals surface area contributed by atoms with Gasteiger partial charge in [-0.3, -0.25) is 0 Å². The van der Waals surface area contributed by atoms with Gasteiger partial charge < -0.3 is 19.9 Å². The highest BCUT2D eigenvalue weighted by molar-refractivity contribution is 4.86. The molecule has 2 N–H and O–H groups in total. The lowest BCUT2D eigenvalue weighted by Gasteiger charge is -2.30. The molecule has 0 spiro atoms. The first kappa shape index (κ1) is 7.49. The molecule has 2 rings (SSSR count). The second-order valence-electron chi connectivity index (χ2n) is 3.01. The first-order chi connectivity index (χ1) is 5.40. The van der Waals surface area contributed by atoms with E-state index < -0.39 is 0 Å². The quantitative estimate of drug-likeness (QED) is 0.501. The van der Waals surface area contributed by atoms with Crippen molar-refractivity contribution in [3.63, 3.8) is 0 Å². The third kappa shape index (κ3) is 1.39. The lowest BCUT2D eigenvalue weighted by Crippen LogP contribution is -2.44. The van der Waals surface area contributed by atoms with Crippen LogP contribution in [0.1, 0.15) is 0 Å². The van der Waals surface area contributed by atoms with Gasteiger partial charge in [-0.25, -0.2) is 0 Å². The van der Waals surface area contributed by atoms with E-state index in [1.807, 2.05) is 0 Å². The Hall–Kier alpha value is -0.160. The highest BCUT2D eigenvalue weighted by atomic mass is 16.6. The van der Waals surface area contributed by atoms with E-state index in [0.29, 0.717) is 6.61 Å². The Balaban J connectivity index is 1.91. The van der Waals surface area contributed by atoms with Gasteiger partial charge in [0.2, 0.25) is 0 Å². The Morgan fingerprint density at radius 2 is 2.18 bits per heavy atom. The Labute approximate surface area is 65.5 Å². The molecule has 3 atom stereocenters. The molecule has 0 aromatic carbocycles. The molecule has 2 aliphatic heterocycles. The average Bonchev–Trinajstić information content (AvgIpc) is 2.50. The van der Waals surface area contributed by atoms with Gasteiger partial charge in [0.1, 0.15) is 6.10 Å². The van der Waals surface area contributed by atoms with Crippen molar-refractivity contribution in [1.29, 1.82) is 0 Å². The number of hydrogen-bond donors (Lipinski definition) is 2. The maximum absolute atomic E-state index is 8.79. The predicted octanol–water partition coefficient (Wildman–Crippen LogP) is -1.27. The molecule has 0 saturated carbocycles. The van der Waals surface area contributed by atoms with Gasteiger partial charge in [-0.15, -0.1) is 0 Å². The molecule has 0 aromatic rings. The molecule has 0 aromatic heterocycles. The molecule has 0 bridgehead atoms. The van der Waals surface area contributed by atoms with Crippen LogP contribution in [0.3, 0.4) is 0 Å². The second kappa shape index (κ2) is 3.06. The van der Waals surface area contributed by atoms with E-state index >= 15 is 0 Å². The summed E-state index contributed by atoms with van der Waals surface area (Å²) in [5, 5.41) is 12.0. The van der Waals surface area contributed by atoms with E-state index in [2.05, 4.69) is 5.32 Å². The summed E-state index contributed by atoms with van der Waals surface area (Å²) in [6.07, 6.45) is 0.245. The predicted molar refractivity (Wildman–Crippen MR) is 38.4 cm³/mol. The van der Waals surface area contributed by atoms with Crippen LogP contribution in [0.5, 0.6) is 0 Å². The first-order valence-corrected chi connectivity index (χ1v) is 3.99. The van der Waals surface area contributed by atoms with Crippen LogP contribution in [0.4, 0.5) is 0 Å². The lowest BCUT2D eigenvalue weighted by atomic mass is 10.2. The molecule has 11 heavy (non-hydrogen) atoms. The molecule has 2 fully saturated rings. The first-order valence-electron chi connectivity index (χ1n) is 3.99. The van der Waals surface area contributed by atoms with Crippen LogP contribution in [0.2, 0.25) is 0 Å². The maximum Gasteiger partial charge on any atom is 0.104 e. The van der Waals surface area contributed by atoms with Gasteiger partial charge in [-0.2, -0.15) is 0 Å². The van der Waals surface area contributed by atoms with E-state index in [4.69, 9.17) is 14.6 Å². The van der Waals surface area contributed by atoms with Gasteiger partial charge in [0.15, 0.2) is 0 Å². The van der Waals surface area contributed by atoms with Crippen molar-refractivity contribution in [3.8, 4) is 0 Å². The molecule has 64 valence electrons. The number of fused-ring (bicyclic) bond motifs is 1. The summed E-state index contributed by atoms with van der Waals surface area (Å²) < 4.78 is 11.0. The van der Waals surface area contributed by atoms with Crippen molar-refractivity contribution in [2.45, 2.75) is 18.3 Å². The summed E-state index contributed by atoms with van der Waals surface area (Å²) >= 11 is 0. The standard InChI is InChI=1S/C7H13NO3/c9-3-5-4-10-6-1-8-2-7(6)11-5/h5-9H,1-4H2. The third-order valence-corrected chi connectivity index (χ3v) is 2.17. The van der Waals surface area contributed by atoms with Crippen molar-refractivity contribution in [1.82, 2.24) is 5.32 Å². The van der Waals surface area contributed by atoms with E-state index in [1.165, 1.54) is 0 Å². The summed E-state index contributed by atoms with van der Waals surface area (Å²) in [5.41, 5.74) is 0. The van der Waals surface area contributed by atoms with Crippen LogP contribution in [0.15, 0.2) is 0 Å². The highest BCUT2D eigenvalue weighted by Crippen LogP contribution is 2.17. The summed E-state index contributed by atoms with van der Waals surface area (Å²) in [7, 11) is 0. The molecule has 2 saturated heterocycles. The fourth-order valence-corrected chi connectivity index (χ4v) is 1.55. The number of rotatable bonds is 1. The lowest BCUT2D eigenvalue weighted by molar-refractivity contribution is -0.170. The zero-order valence-corrected chi connectivity index (χ0v) is 6.32. The normalized spacial score (nSPS) is 43.9. The van der Waals surface area contributed by atoms with Crippen molar-refractivity contribution in [2.24, 2.45) is 0 Å². The molecule has 4 heteroatoms. The minimum absolute atomic E-state index is 0.0588. The Bertz CT molecular complexity index is 142. The number of aliphatic hydroxyl groups is 1. The number of aliphatic hydroxyl groups excluding tert-OH is 1. The molecule has 2 aliphatic rings. The smallest absolute Gasteiger partial charge is 0.104 e. The number of nitrogens with one attached hydrogen (secondary N) is 1. The van der Waals surface area contributed by atoms with Crippen molar-refractivity contribution < 1.29 is 14.6 Å². The van der Waals surface area contributed by atoms with Crippen LogP contribution < -0.4 is 5.32 Å². The summed E-state index contributed by atoms with van der Waals surface area (Å²) in [4.78, 5) is 0. The van der Waals surface area contributed by atoms with Crippen LogP contribution >= 0.6 is 0 Å². The average molecular weight is 159 g/mol. The zero-order valence-electron chi connectivity index (χ0n) is 6.32. The van der Waals surface area contributed by atoms with Crippen LogP contribution in [-0.2, 0) is 9.47 Å². The molecular weight excluding hydrogens is 146 g/mol. The monoisotopic (exact) mass is 159 g/mol. The highest BCUT2D eigenvalue weighted by Gasteiger charge is 2.35. The largest absolute Gasteiger partial charge is 0.394 e. The fraction of sp³-hybridized carbons (Fsp3) is 1.00. The third-order valence-electron chi connectivity index (χ3n) is 2.17. The molecular formula is C7H13NO3. The zero-order chi connectivity index (χ0) is 7.68. The van der Waals surface area contributed by atoms with E-state index in [-0.39, 0.29) is 24.9 Å². The molecule has 0 aliphatic carbocycles. The summed E-state index contributed by atoms with van der Waals surface area (Å²) in [6, 6.07) is 0. The van der Waals surface area contributed by atoms with Crippen molar-refractivity contribution in [2.75, 3.05) is 26.3 Å². The van der Waals surface area contributed by atoms with Crippen LogP contribution in [0, 0.1) is 0 Å². The van der Waals surface area contributed by atoms with Gasteiger partial charge in [0.25, 0.3) is 0 Å². The number of hydrogen-bond acceptors (Lipinski definition) is 4. The van der Waals surface area contributed by atoms with Gasteiger partial charge in [-0.05, 0) is 0 Å². The van der Waals surface area contributed by atoms with E-state index in [9.17, 15) is 0 Å². The van der Waals surface area contributed by atoms with Crippen molar-refractivity contribution in [3.05, 3.63) is 0 Å². The van der Waals surface area contributed by atoms with Gasteiger partial charge in [0.05, 0.1) is 25.4 Å². The second-order valence-corrected chi connectivity index (χ2v) is 3.01. The molecule has 4 nitrogen and oxygen atoms in total. The van der Waals surface area contributed by atoms with Crippen LogP contribution in [0.25, 0.3) is 0 Å². The van der Waals surface area contributed by atoms with Crippen LogP contribution in [-0.4, -0.2) is 49.7 Å². The van der Waals surface area contributed by atoms with E-state index in [1.54, 1.807) is 0 Å². The topological polar surface area (TPSA) is 50.7 Å². The Morgan fingerprint density at radius 3 is 3.00 bits per heavy atom. The number of ether oxygens (including phenoxy) is 2. The maximum atomic E-state index is 8.79. The Kier molecular flexibility index (Phi) is 2.09. The Morgan fingerprint density at radius 1 is 1.36 bits per heavy atom. The summed E-state index contributed by atoms with van der Waals surface area (Å²) in [6.45, 7) is 2.31. The van der Waals surface area contributed by atoms with Gasteiger partial charge >= 0.3 is 0 Å². The summed E-state index contributed by atoms with van der Waals surface area (Å²) in [5.74, 6) is 0. The fourth-order valence-electron chi connectivity index (χ4n) is 1.55. The minimum Gasteiger partial charge on any atom is -0.394 e. The molecule has 2 heterocycles. The molecule has 3 unspecified atom stereocenters. The van der Waals surface area contributed by atoms with Gasteiger partial charge in [0, 0.05) is 13.1 Å². The SMILES string of the molecule is OCC1COC2CNCC2O1.